The van der Waals surface area contributed by atoms with Crippen molar-refractivity contribution in [1.29, 1.82) is 0 Å². The minimum atomic E-state index is -1.71. The Morgan fingerprint density at radius 1 is 1.14 bits per heavy atom. The summed E-state index contributed by atoms with van der Waals surface area (Å²) < 4.78 is 5.52. The number of carbonyl (C=O) groups excluding carboxylic acids is 3. The lowest BCUT2D eigenvalue weighted by Crippen LogP contribution is -2.56. The number of benzene rings is 1. The summed E-state index contributed by atoms with van der Waals surface area (Å²) >= 11 is 0. The van der Waals surface area contributed by atoms with E-state index >= 15 is 0 Å². The average molecular weight is 410 g/mol. The zero-order valence-corrected chi connectivity index (χ0v) is 16.8. The van der Waals surface area contributed by atoms with Crippen molar-refractivity contribution in [2.75, 3.05) is 6.61 Å². The topological polar surface area (TPSA) is 145 Å². The van der Waals surface area contributed by atoms with E-state index in [1.807, 2.05) is 37.3 Å². The van der Waals surface area contributed by atoms with Crippen molar-refractivity contribution in [2.24, 2.45) is 0 Å². The molecular formula is C20H30N2O7. The molecule has 0 fully saturated rings. The summed E-state index contributed by atoms with van der Waals surface area (Å²) in [4.78, 5) is 35.2. The van der Waals surface area contributed by atoms with E-state index in [1.54, 1.807) is 0 Å². The molecule has 5 N–H and O–H groups in total. The van der Waals surface area contributed by atoms with Crippen LogP contribution in [-0.4, -0.2) is 76.5 Å². The normalized spacial score (nSPS) is 17.3. The van der Waals surface area contributed by atoms with Crippen LogP contribution in [0.2, 0.25) is 0 Å². The summed E-state index contributed by atoms with van der Waals surface area (Å²) in [5.41, 5.74) is 1.04. The number of ether oxygens (including phenoxy) is 1. The van der Waals surface area contributed by atoms with Crippen LogP contribution in [0.3, 0.4) is 0 Å². The molecule has 1 rings (SSSR count). The summed E-state index contributed by atoms with van der Waals surface area (Å²) in [6.07, 6.45) is -4.94. The van der Waals surface area contributed by atoms with Crippen molar-refractivity contribution in [3.63, 3.8) is 0 Å². The van der Waals surface area contributed by atoms with Gasteiger partial charge in [0.1, 0.15) is 36.7 Å². The second-order valence-corrected chi connectivity index (χ2v) is 6.95. The van der Waals surface area contributed by atoms with Gasteiger partial charge in [0.2, 0.25) is 11.8 Å². The van der Waals surface area contributed by atoms with Crippen LogP contribution in [0.1, 0.15) is 26.3 Å². The molecule has 0 radical (unpaired) electrons. The molecule has 1 aromatic rings. The number of hydrogen-bond acceptors (Lipinski definition) is 7. The first-order valence-corrected chi connectivity index (χ1v) is 9.38. The molecule has 0 aliphatic rings. The Balaban J connectivity index is 2.80. The van der Waals surface area contributed by atoms with Gasteiger partial charge >= 0.3 is 0 Å². The highest BCUT2D eigenvalue weighted by Gasteiger charge is 2.36. The number of aliphatic hydroxyl groups excluding tert-OH is 3. The van der Waals surface area contributed by atoms with Crippen LogP contribution in [0, 0.1) is 0 Å². The molecule has 0 bridgehead atoms. The Kier molecular flexibility index (Phi) is 10.5. The van der Waals surface area contributed by atoms with E-state index in [9.17, 15) is 24.6 Å². The molecule has 0 saturated heterocycles. The van der Waals surface area contributed by atoms with Gasteiger partial charge in [-0.3, -0.25) is 9.59 Å². The summed E-state index contributed by atoms with van der Waals surface area (Å²) in [5, 5.41) is 34.1. The highest BCUT2D eigenvalue weighted by Crippen LogP contribution is 2.13. The van der Waals surface area contributed by atoms with Crippen molar-refractivity contribution < 1.29 is 34.4 Å². The van der Waals surface area contributed by atoms with Crippen LogP contribution in [0.25, 0.3) is 0 Å². The van der Waals surface area contributed by atoms with E-state index in [0.717, 1.165) is 5.56 Å². The molecule has 0 aliphatic carbocycles. The number of amides is 2. The fourth-order valence-corrected chi connectivity index (χ4v) is 2.81. The molecule has 0 heterocycles. The lowest BCUT2D eigenvalue weighted by atomic mass is 10.0. The van der Waals surface area contributed by atoms with Gasteiger partial charge < -0.3 is 35.5 Å². The smallest absolute Gasteiger partial charge is 0.249 e. The number of aldehydes is 1. The third kappa shape index (κ3) is 8.28. The summed E-state index contributed by atoms with van der Waals surface area (Å²) in [5.74, 6) is -1.05. The number of aliphatic hydroxyl groups is 3. The number of rotatable bonds is 12. The van der Waals surface area contributed by atoms with Gasteiger partial charge in [-0.1, -0.05) is 30.3 Å². The molecule has 0 saturated carbocycles. The highest BCUT2D eigenvalue weighted by molar-refractivity contribution is 5.81. The Hall–Kier alpha value is -2.33. The molecule has 9 heteroatoms. The standard InChI is InChI=1S/C20H30N2O7/c1-12(9-15-7-5-4-6-8-15)21-20(28)13(2)29-19(18(27)17(26)11-24)16(10-23)22-14(3)25/h4-8,10,12-13,16-19,24,26-27H,9,11H2,1-3H3,(H,21,28)(H,22,25)/t12-,13-,16-,17+,18+,19+/m0/s1. The Labute approximate surface area is 170 Å². The van der Waals surface area contributed by atoms with Crippen molar-refractivity contribution >= 4 is 18.1 Å². The molecule has 0 aliphatic heterocycles. The third-order valence-corrected chi connectivity index (χ3v) is 4.29. The van der Waals surface area contributed by atoms with E-state index in [1.165, 1.54) is 13.8 Å². The summed E-state index contributed by atoms with van der Waals surface area (Å²) in [6.45, 7) is 3.63. The van der Waals surface area contributed by atoms with Gasteiger partial charge in [0.05, 0.1) is 6.61 Å². The van der Waals surface area contributed by atoms with Gasteiger partial charge in [-0.15, -0.1) is 0 Å². The van der Waals surface area contributed by atoms with E-state index < -0.39 is 48.9 Å². The predicted octanol–water partition coefficient (Wildman–Crippen LogP) is -1.07. The minimum Gasteiger partial charge on any atom is -0.394 e. The highest BCUT2D eigenvalue weighted by atomic mass is 16.5. The van der Waals surface area contributed by atoms with Gasteiger partial charge in [0.25, 0.3) is 0 Å². The lowest BCUT2D eigenvalue weighted by Gasteiger charge is -2.32. The first-order valence-electron chi connectivity index (χ1n) is 9.38. The Morgan fingerprint density at radius 3 is 2.28 bits per heavy atom. The molecule has 1 aromatic carbocycles. The van der Waals surface area contributed by atoms with Crippen LogP contribution >= 0.6 is 0 Å². The molecule has 29 heavy (non-hydrogen) atoms. The second kappa shape index (κ2) is 12.3. The maximum atomic E-state index is 12.5. The minimum absolute atomic E-state index is 0.209. The van der Waals surface area contributed by atoms with E-state index in [4.69, 9.17) is 9.84 Å². The zero-order chi connectivity index (χ0) is 22.0. The molecule has 0 unspecified atom stereocenters. The molecule has 2 amide bonds. The molecule has 162 valence electrons. The molecule has 0 spiro atoms. The van der Waals surface area contributed by atoms with Crippen LogP contribution in [0.4, 0.5) is 0 Å². The third-order valence-electron chi connectivity index (χ3n) is 4.29. The largest absolute Gasteiger partial charge is 0.394 e. The van der Waals surface area contributed by atoms with Crippen molar-refractivity contribution in [3.8, 4) is 0 Å². The van der Waals surface area contributed by atoms with E-state index in [-0.39, 0.29) is 6.04 Å². The van der Waals surface area contributed by atoms with E-state index in [2.05, 4.69) is 10.6 Å². The van der Waals surface area contributed by atoms with Crippen molar-refractivity contribution in [1.82, 2.24) is 10.6 Å². The Morgan fingerprint density at radius 2 is 1.76 bits per heavy atom. The first kappa shape index (κ1) is 24.7. The van der Waals surface area contributed by atoms with E-state index in [0.29, 0.717) is 12.7 Å². The summed E-state index contributed by atoms with van der Waals surface area (Å²) in [7, 11) is 0. The number of nitrogens with one attached hydrogen (secondary N) is 2. The second-order valence-electron chi connectivity index (χ2n) is 6.95. The molecular weight excluding hydrogens is 380 g/mol. The zero-order valence-electron chi connectivity index (χ0n) is 16.8. The van der Waals surface area contributed by atoms with Crippen LogP contribution < -0.4 is 10.6 Å². The fraction of sp³-hybridized carbons (Fsp3) is 0.550. The SMILES string of the molecule is CC(=O)N[C@@H](C=O)[C@@H](O[C@@H](C)C(=O)N[C@@H](C)Cc1ccccc1)[C@H](O)[C@H](O)CO. The monoisotopic (exact) mass is 410 g/mol. The van der Waals surface area contributed by atoms with Crippen molar-refractivity contribution in [3.05, 3.63) is 35.9 Å². The quantitative estimate of drug-likeness (QED) is 0.276. The van der Waals surface area contributed by atoms with Gasteiger partial charge in [-0.2, -0.15) is 0 Å². The average Bonchev–Trinajstić information content (AvgIpc) is 2.69. The maximum absolute atomic E-state index is 12.5. The predicted molar refractivity (Wildman–Crippen MR) is 105 cm³/mol. The first-order chi connectivity index (χ1) is 13.7. The summed E-state index contributed by atoms with van der Waals surface area (Å²) in [6, 6.07) is 8.04. The number of hydrogen-bond donors (Lipinski definition) is 5. The van der Waals surface area contributed by atoms with Crippen molar-refractivity contribution in [2.45, 2.75) is 63.7 Å². The van der Waals surface area contributed by atoms with Gasteiger partial charge in [-0.05, 0) is 25.8 Å². The number of carbonyl (C=O) groups is 3. The molecule has 0 aromatic heterocycles. The lowest BCUT2D eigenvalue weighted by molar-refractivity contribution is -0.157. The van der Waals surface area contributed by atoms with Crippen LogP contribution in [0.5, 0.6) is 0 Å². The van der Waals surface area contributed by atoms with Gasteiger partial charge in [0.15, 0.2) is 0 Å². The van der Waals surface area contributed by atoms with Crippen LogP contribution in [-0.2, 0) is 25.5 Å². The maximum Gasteiger partial charge on any atom is 0.249 e. The fourth-order valence-electron chi connectivity index (χ4n) is 2.81. The Bertz CT molecular complexity index is 655. The van der Waals surface area contributed by atoms with Crippen LogP contribution in [0.15, 0.2) is 30.3 Å². The van der Waals surface area contributed by atoms with Gasteiger partial charge in [-0.25, -0.2) is 0 Å². The molecule has 9 nitrogen and oxygen atoms in total. The van der Waals surface area contributed by atoms with Gasteiger partial charge in [0, 0.05) is 13.0 Å². The molecule has 6 atom stereocenters.